The number of halogens is 1. The van der Waals surface area contributed by atoms with E-state index in [4.69, 9.17) is 16.3 Å². The Balaban J connectivity index is 1.60. The highest BCUT2D eigenvalue weighted by molar-refractivity contribution is 6.32. The van der Waals surface area contributed by atoms with Crippen molar-refractivity contribution in [3.05, 3.63) is 76.4 Å². The number of anilines is 1. The number of amides is 1. The normalized spacial score (nSPS) is 10.4. The zero-order valence-corrected chi connectivity index (χ0v) is 13.3. The molecule has 3 rings (SSSR count). The van der Waals surface area contributed by atoms with Gasteiger partial charge >= 0.3 is 5.69 Å². The summed E-state index contributed by atoms with van der Waals surface area (Å²) in [5, 5.41) is 3.17. The summed E-state index contributed by atoms with van der Waals surface area (Å²) in [4.78, 5) is 26.0. The van der Waals surface area contributed by atoms with E-state index in [2.05, 4.69) is 10.3 Å². The van der Waals surface area contributed by atoms with Gasteiger partial charge in [-0.3, -0.25) is 9.36 Å². The minimum absolute atomic E-state index is 0.150. The fourth-order valence-electron chi connectivity index (χ4n) is 2.13. The number of nitrogens with zero attached hydrogens (tertiary/aromatic N) is 1. The van der Waals surface area contributed by atoms with Crippen LogP contribution < -0.4 is 15.7 Å². The monoisotopic (exact) mass is 343 g/mol. The van der Waals surface area contributed by atoms with E-state index in [1.165, 1.54) is 4.57 Å². The van der Waals surface area contributed by atoms with E-state index >= 15 is 0 Å². The Hall–Kier alpha value is -2.99. The molecular formula is C17H14ClN3O3. The van der Waals surface area contributed by atoms with Gasteiger partial charge in [0.25, 0.3) is 5.91 Å². The molecule has 0 bridgehead atoms. The standard InChI is InChI=1S/C17H14ClN3O3/c18-14-3-1-2-4-15(14)24-11-16(22)20-12-5-7-13(8-6-12)21-10-9-19-17(21)23/h1-10H,11H2,(H,19,23)(H,20,22). The van der Waals surface area contributed by atoms with Crippen molar-refractivity contribution in [2.45, 2.75) is 0 Å². The lowest BCUT2D eigenvalue weighted by molar-refractivity contribution is -0.118. The number of imidazole rings is 1. The highest BCUT2D eigenvalue weighted by Gasteiger charge is 2.06. The Labute approximate surface area is 142 Å². The van der Waals surface area contributed by atoms with Crippen LogP contribution in [0.2, 0.25) is 5.02 Å². The summed E-state index contributed by atoms with van der Waals surface area (Å²) < 4.78 is 6.84. The lowest BCUT2D eigenvalue weighted by Gasteiger charge is -2.09. The zero-order valence-electron chi connectivity index (χ0n) is 12.5. The lowest BCUT2D eigenvalue weighted by Crippen LogP contribution is -2.20. The molecule has 0 unspecified atom stereocenters. The third-order valence-corrected chi connectivity index (χ3v) is 3.59. The highest BCUT2D eigenvalue weighted by atomic mass is 35.5. The van der Waals surface area contributed by atoms with Gasteiger partial charge in [-0.15, -0.1) is 0 Å². The summed E-state index contributed by atoms with van der Waals surface area (Å²) >= 11 is 5.96. The van der Waals surface area contributed by atoms with Gasteiger partial charge < -0.3 is 15.0 Å². The predicted octanol–water partition coefficient (Wildman–Crippen LogP) is 2.84. The smallest absolute Gasteiger partial charge is 0.330 e. The van der Waals surface area contributed by atoms with E-state index in [0.717, 1.165) is 0 Å². The molecule has 0 radical (unpaired) electrons. The zero-order chi connectivity index (χ0) is 16.9. The second kappa shape index (κ2) is 7.06. The van der Waals surface area contributed by atoms with Gasteiger partial charge in [0.05, 0.1) is 10.7 Å². The number of para-hydroxylation sites is 1. The number of carbonyl (C=O) groups is 1. The van der Waals surface area contributed by atoms with E-state index in [0.29, 0.717) is 22.1 Å². The minimum Gasteiger partial charge on any atom is -0.482 e. The van der Waals surface area contributed by atoms with Crippen molar-refractivity contribution in [2.75, 3.05) is 11.9 Å². The first-order chi connectivity index (χ1) is 11.6. The van der Waals surface area contributed by atoms with Crippen LogP contribution >= 0.6 is 11.6 Å². The third kappa shape index (κ3) is 3.67. The van der Waals surface area contributed by atoms with Gasteiger partial charge in [-0.1, -0.05) is 23.7 Å². The van der Waals surface area contributed by atoms with Gasteiger partial charge in [0.1, 0.15) is 5.75 Å². The number of hydrogen-bond donors (Lipinski definition) is 2. The molecule has 0 saturated carbocycles. The van der Waals surface area contributed by atoms with Crippen molar-refractivity contribution >= 4 is 23.2 Å². The molecule has 1 aromatic heterocycles. The van der Waals surface area contributed by atoms with E-state index in [9.17, 15) is 9.59 Å². The highest BCUT2D eigenvalue weighted by Crippen LogP contribution is 2.23. The molecule has 3 aromatic rings. The number of H-pyrrole nitrogens is 1. The van der Waals surface area contributed by atoms with Gasteiger partial charge in [0.2, 0.25) is 0 Å². The summed E-state index contributed by atoms with van der Waals surface area (Å²) in [5.74, 6) is 0.151. The van der Waals surface area contributed by atoms with Crippen LogP contribution in [-0.2, 0) is 4.79 Å². The van der Waals surface area contributed by atoms with Gasteiger partial charge in [-0.2, -0.15) is 0 Å². The first-order valence-corrected chi connectivity index (χ1v) is 7.55. The van der Waals surface area contributed by atoms with Crippen molar-refractivity contribution < 1.29 is 9.53 Å². The first-order valence-electron chi connectivity index (χ1n) is 7.17. The molecule has 0 atom stereocenters. The minimum atomic E-state index is -0.304. The summed E-state index contributed by atoms with van der Waals surface area (Å²) in [6.07, 6.45) is 3.19. The average molecular weight is 344 g/mol. The Morgan fingerprint density at radius 2 is 1.92 bits per heavy atom. The number of benzene rings is 2. The molecule has 1 heterocycles. The topological polar surface area (TPSA) is 76.1 Å². The van der Waals surface area contributed by atoms with Crippen molar-refractivity contribution in [1.82, 2.24) is 9.55 Å². The molecule has 0 aliphatic carbocycles. The van der Waals surface area contributed by atoms with Crippen molar-refractivity contribution in [1.29, 1.82) is 0 Å². The number of aromatic nitrogens is 2. The average Bonchev–Trinajstić information content (AvgIpc) is 3.01. The number of ether oxygens (including phenoxy) is 1. The molecule has 0 saturated heterocycles. The molecule has 2 N–H and O–H groups in total. The van der Waals surface area contributed by atoms with Crippen molar-refractivity contribution in [2.24, 2.45) is 0 Å². The van der Waals surface area contributed by atoms with Crippen LogP contribution in [0.3, 0.4) is 0 Å². The molecule has 0 aliphatic rings. The summed E-state index contributed by atoms with van der Waals surface area (Å²) in [5.41, 5.74) is 1.08. The van der Waals surface area contributed by atoms with Crippen LogP contribution in [0.25, 0.3) is 5.69 Å². The summed E-state index contributed by atoms with van der Waals surface area (Å²) in [6, 6.07) is 13.8. The fourth-order valence-corrected chi connectivity index (χ4v) is 2.32. The van der Waals surface area contributed by atoms with Gasteiger partial charge in [-0.25, -0.2) is 4.79 Å². The van der Waals surface area contributed by atoms with Crippen LogP contribution in [-0.4, -0.2) is 22.1 Å². The molecule has 122 valence electrons. The Kier molecular flexibility index (Phi) is 4.67. The maximum Gasteiger partial charge on any atom is 0.330 e. The van der Waals surface area contributed by atoms with E-state index < -0.39 is 0 Å². The van der Waals surface area contributed by atoms with Crippen LogP contribution in [0.15, 0.2) is 65.7 Å². The van der Waals surface area contributed by atoms with Gasteiger partial charge in [0.15, 0.2) is 6.61 Å². The first kappa shape index (κ1) is 15.9. The summed E-state index contributed by atoms with van der Waals surface area (Å²) in [6.45, 7) is -0.150. The van der Waals surface area contributed by atoms with Crippen molar-refractivity contribution in [3.63, 3.8) is 0 Å². The molecular weight excluding hydrogens is 330 g/mol. The van der Waals surface area contributed by atoms with Crippen molar-refractivity contribution in [3.8, 4) is 11.4 Å². The van der Waals surface area contributed by atoms with E-state index in [1.54, 1.807) is 60.9 Å². The summed E-state index contributed by atoms with van der Waals surface area (Å²) in [7, 11) is 0. The number of carbonyl (C=O) groups excluding carboxylic acids is 1. The van der Waals surface area contributed by atoms with Gasteiger partial charge in [0, 0.05) is 18.1 Å². The predicted molar refractivity (Wildman–Crippen MR) is 92.0 cm³/mol. The van der Waals surface area contributed by atoms with Crippen LogP contribution in [0, 0.1) is 0 Å². The molecule has 0 spiro atoms. The van der Waals surface area contributed by atoms with Crippen LogP contribution in [0.1, 0.15) is 0 Å². The Morgan fingerprint density at radius 3 is 2.58 bits per heavy atom. The molecule has 0 fully saturated rings. The van der Waals surface area contributed by atoms with E-state index in [-0.39, 0.29) is 18.2 Å². The SMILES string of the molecule is O=C(COc1ccccc1Cl)Nc1ccc(-n2cc[nH]c2=O)cc1. The third-order valence-electron chi connectivity index (χ3n) is 3.27. The maximum absolute atomic E-state index is 11.9. The largest absolute Gasteiger partial charge is 0.482 e. The lowest BCUT2D eigenvalue weighted by atomic mass is 10.2. The molecule has 7 heteroatoms. The number of rotatable bonds is 5. The molecule has 0 aliphatic heterocycles. The maximum atomic E-state index is 11.9. The quantitative estimate of drug-likeness (QED) is 0.748. The van der Waals surface area contributed by atoms with Gasteiger partial charge in [-0.05, 0) is 36.4 Å². The van der Waals surface area contributed by atoms with Crippen LogP contribution in [0.5, 0.6) is 5.75 Å². The second-order valence-corrected chi connectivity index (χ2v) is 5.36. The number of hydrogen-bond acceptors (Lipinski definition) is 3. The Bertz CT molecular complexity index is 900. The van der Waals surface area contributed by atoms with Crippen LogP contribution in [0.4, 0.5) is 5.69 Å². The molecule has 1 amide bonds. The number of nitrogens with one attached hydrogen (secondary N) is 2. The molecule has 6 nitrogen and oxygen atoms in total. The molecule has 2 aromatic carbocycles. The molecule has 24 heavy (non-hydrogen) atoms. The number of aromatic amines is 1. The van der Waals surface area contributed by atoms with E-state index in [1.807, 2.05) is 0 Å². The second-order valence-electron chi connectivity index (χ2n) is 4.95. The Morgan fingerprint density at radius 1 is 1.17 bits per heavy atom. The fraction of sp³-hybridized carbons (Fsp3) is 0.0588.